The van der Waals surface area contributed by atoms with Gasteiger partial charge in [0.2, 0.25) is 0 Å². The molecule has 1 fully saturated rings. The molecule has 0 amide bonds. The molecule has 0 aliphatic heterocycles. The lowest BCUT2D eigenvalue weighted by Crippen LogP contribution is -2.24. The van der Waals surface area contributed by atoms with Crippen LogP contribution in [0.3, 0.4) is 0 Å². The third-order valence-electron chi connectivity index (χ3n) is 3.84. The molecule has 4 heteroatoms. The van der Waals surface area contributed by atoms with Gasteiger partial charge < -0.3 is 15.6 Å². The van der Waals surface area contributed by atoms with Crippen molar-refractivity contribution in [3.05, 3.63) is 22.2 Å². The molecule has 100 valence electrons. The molecule has 0 unspecified atom stereocenters. The van der Waals surface area contributed by atoms with E-state index in [1.807, 2.05) is 6.07 Å². The van der Waals surface area contributed by atoms with Crippen LogP contribution in [0.25, 0.3) is 0 Å². The smallest absolute Gasteiger partial charge is 0.163 e. The van der Waals surface area contributed by atoms with E-state index in [1.165, 1.54) is 19.3 Å². The normalized spacial score (nSPS) is 18.6. The lowest BCUT2D eigenvalue weighted by Gasteiger charge is -2.29. The summed E-state index contributed by atoms with van der Waals surface area (Å²) in [6.07, 6.45) is 6.06. The molecule has 1 aliphatic carbocycles. The molecule has 0 aromatic heterocycles. The molecular weight excluding hydrogens is 294 g/mol. The van der Waals surface area contributed by atoms with Crippen molar-refractivity contribution in [3.8, 4) is 11.5 Å². The number of rotatable bonds is 3. The summed E-state index contributed by atoms with van der Waals surface area (Å²) in [6.45, 7) is 0. The van der Waals surface area contributed by atoms with Crippen molar-refractivity contribution in [3.63, 3.8) is 0 Å². The number of methoxy groups -OCH3 is 1. The van der Waals surface area contributed by atoms with Gasteiger partial charge in [-0.2, -0.15) is 0 Å². The highest BCUT2D eigenvalue weighted by Crippen LogP contribution is 2.43. The number of benzene rings is 1. The van der Waals surface area contributed by atoms with Crippen molar-refractivity contribution in [2.45, 2.75) is 38.1 Å². The van der Waals surface area contributed by atoms with Crippen LogP contribution in [0.4, 0.5) is 0 Å². The summed E-state index contributed by atoms with van der Waals surface area (Å²) in [5.41, 5.74) is 7.13. The van der Waals surface area contributed by atoms with Crippen LogP contribution in [-0.4, -0.2) is 12.2 Å². The van der Waals surface area contributed by atoms with Crippen molar-refractivity contribution in [2.75, 3.05) is 7.11 Å². The molecule has 18 heavy (non-hydrogen) atoms. The summed E-state index contributed by atoms with van der Waals surface area (Å²) >= 11 is 3.48. The van der Waals surface area contributed by atoms with Crippen LogP contribution in [0.15, 0.2) is 16.6 Å². The van der Waals surface area contributed by atoms with Crippen molar-refractivity contribution in [1.29, 1.82) is 0 Å². The van der Waals surface area contributed by atoms with Gasteiger partial charge in [0.05, 0.1) is 7.11 Å². The van der Waals surface area contributed by atoms with Gasteiger partial charge in [-0.1, -0.05) is 35.2 Å². The molecule has 1 aliphatic rings. The van der Waals surface area contributed by atoms with Gasteiger partial charge in [0.1, 0.15) is 0 Å². The summed E-state index contributed by atoms with van der Waals surface area (Å²) in [6, 6.07) is 3.50. The van der Waals surface area contributed by atoms with E-state index in [1.54, 1.807) is 13.2 Å². The zero-order chi connectivity index (χ0) is 13.1. The molecule has 2 rings (SSSR count). The fourth-order valence-corrected chi connectivity index (χ4v) is 3.36. The Kier molecular flexibility index (Phi) is 4.51. The van der Waals surface area contributed by atoms with Crippen LogP contribution in [0.2, 0.25) is 0 Å². The molecule has 0 spiro atoms. The van der Waals surface area contributed by atoms with Gasteiger partial charge in [0.25, 0.3) is 0 Å². The number of phenols is 1. The first-order valence-electron chi connectivity index (χ1n) is 6.46. The van der Waals surface area contributed by atoms with Crippen LogP contribution >= 0.6 is 15.9 Å². The second-order valence-corrected chi connectivity index (χ2v) is 5.79. The molecule has 0 bridgehead atoms. The molecule has 3 nitrogen and oxygen atoms in total. The summed E-state index contributed by atoms with van der Waals surface area (Å²) < 4.78 is 6.01. The molecule has 0 heterocycles. The minimum absolute atomic E-state index is 0.130. The van der Waals surface area contributed by atoms with Gasteiger partial charge in [-0.25, -0.2) is 0 Å². The molecule has 0 radical (unpaired) electrons. The van der Waals surface area contributed by atoms with Crippen LogP contribution < -0.4 is 10.5 Å². The summed E-state index contributed by atoms with van der Waals surface area (Å²) in [4.78, 5) is 0. The zero-order valence-corrected chi connectivity index (χ0v) is 12.2. The van der Waals surface area contributed by atoms with E-state index >= 15 is 0 Å². The average molecular weight is 314 g/mol. The molecular formula is C14H20BrNO2. The maximum absolute atomic E-state index is 10.2. The van der Waals surface area contributed by atoms with Gasteiger partial charge in [-0.3, -0.25) is 0 Å². The van der Waals surface area contributed by atoms with Gasteiger partial charge >= 0.3 is 0 Å². The van der Waals surface area contributed by atoms with Crippen molar-refractivity contribution in [2.24, 2.45) is 11.7 Å². The van der Waals surface area contributed by atoms with Crippen molar-refractivity contribution >= 4 is 15.9 Å². The van der Waals surface area contributed by atoms with E-state index < -0.39 is 0 Å². The standard InChI is InChI=1S/C14H20BrNO2/c1-18-11-8-7-10(15)12(14(11)17)13(16)9-5-3-2-4-6-9/h7-9,13,17H,2-6,16H2,1H3/t13-/m1/s1. The minimum Gasteiger partial charge on any atom is -0.504 e. The molecule has 1 atom stereocenters. The number of aromatic hydroxyl groups is 1. The van der Waals surface area contributed by atoms with Crippen LogP contribution in [-0.2, 0) is 0 Å². The highest BCUT2D eigenvalue weighted by Gasteiger charge is 2.26. The Morgan fingerprint density at radius 1 is 1.33 bits per heavy atom. The van der Waals surface area contributed by atoms with Crippen molar-refractivity contribution in [1.82, 2.24) is 0 Å². The maximum atomic E-state index is 10.2. The Labute approximate surface area is 116 Å². The van der Waals surface area contributed by atoms with Gasteiger partial charge in [0, 0.05) is 16.1 Å². The number of nitrogens with two attached hydrogens (primary N) is 1. The Morgan fingerprint density at radius 2 is 2.00 bits per heavy atom. The van der Waals surface area contributed by atoms with E-state index in [2.05, 4.69) is 15.9 Å². The van der Waals surface area contributed by atoms with E-state index in [0.29, 0.717) is 11.7 Å². The third kappa shape index (κ3) is 2.64. The Bertz CT molecular complexity index is 417. The van der Waals surface area contributed by atoms with Gasteiger partial charge in [-0.15, -0.1) is 0 Å². The monoisotopic (exact) mass is 313 g/mol. The average Bonchev–Trinajstić information content (AvgIpc) is 2.40. The second kappa shape index (κ2) is 5.93. The fourth-order valence-electron chi connectivity index (χ4n) is 2.77. The van der Waals surface area contributed by atoms with E-state index in [9.17, 15) is 5.11 Å². The number of hydrogen-bond acceptors (Lipinski definition) is 3. The number of phenolic OH excluding ortho intramolecular Hbond substituents is 1. The molecule has 3 N–H and O–H groups in total. The highest BCUT2D eigenvalue weighted by atomic mass is 79.9. The van der Waals surface area contributed by atoms with Crippen LogP contribution in [0.1, 0.15) is 43.7 Å². The topological polar surface area (TPSA) is 55.5 Å². The number of halogens is 1. The first kappa shape index (κ1) is 13.7. The predicted molar refractivity (Wildman–Crippen MR) is 75.9 cm³/mol. The summed E-state index contributed by atoms with van der Waals surface area (Å²) in [5.74, 6) is 1.11. The first-order chi connectivity index (χ1) is 8.65. The Morgan fingerprint density at radius 3 is 2.61 bits per heavy atom. The second-order valence-electron chi connectivity index (χ2n) is 4.94. The largest absolute Gasteiger partial charge is 0.504 e. The summed E-state index contributed by atoms with van der Waals surface area (Å²) in [5, 5.41) is 10.2. The van der Waals surface area contributed by atoms with E-state index in [4.69, 9.17) is 10.5 Å². The Hall–Kier alpha value is -0.740. The molecule has 1 saturated carbocycles. The lowest BCUT2D eigenvalue weighted by molar-refractivity contribution is 0.298. The zero-order valence-electron chi connectivity index (χ0n) is 10.7. The molecule has 1 aromatic carbocycles. The summed E-state index contributed by atoms with van der Waals surface area (Å²) in [7, 11) is 1.55. The van der Waals surface area contributed by atoms with Crippen molar-refractivity contribution < 1.29 is 9.84 Å². The van der Waals surface area contributed by atoms with Gasteiger partial charge in [0.15, 0.2) is 11.5 Å². The van der Waals surface area contributed by atoms with Gasteiger partial charge in [-0.05, 0) is 30.9 Å². The minimum atomic E-state index is -0.130. The fraction of sp³-hybridized carbons (Fsp3) is 0.571. The Balaban J connectivity index is 2.30. The third-order valence-corrected chi connectivity index (χ3v) is 4.53. The van der Waals surface area contributed by atoms with E-state index in [-0.39, 0.29) is 11.8 Å². The maximum Gasteiger partial charge on any atom is 0.163 e. The van der Waals surface area contributed by atoms with E-state index in [0.717, 1.165) is 22.9 Å². The predicted octanol–water partition coefficient (Wildman–Crippen LogP) is 3.74. The lowest BCUT2D eigenvalue weighted by atomic mass is 9.81. The molecule has 1 aromatic rings. The van der Waals surface area contributed by atoms with Crippen LogP contribution in [0, 0.1) is 5.92 Å². The SMILES string of the molecule is COc1ccc(Br)c([C@H](N)C2CCCCC2)c1O. The number of hydrogen-bond donors (Lipinski definition) is 2. The highest BCUT2D eigenvalue weighted by molar-refractivity contribution is 9.10. The first-order valence-corrected chi connectivity index (χ1v) is 7.25. The van der Waals surface area contributed by atoms with Crippen LogP contribution in [0.5, 0.6) is 11.5 Å². The molecule has 0 saturated heterocycles. The quantitative estimate of drug-likeness (QED) is 0.893. The number of ether oxygens (including phenoxy) is 1.